The van der Waals surface area contributed by atoms with Gasteiger partial charge < -0.3 is 10.2 Å². The fraction of sp³-hybridized carbons (Fsp3) is 0.316. The Balaban J connectivity index is 1.51. The summed E-state index contributed by atoms with van der Waals surface area (Å²) in [5.74, 6) is -0.00897. The zero-order valence-corrected chi connectivity index (χ0v) is 15.6. The van der Waals surface area contributed by atoms with Crippen LogP contribution < -0.4 is 10.2 Å². The lowest BCUT2D eigenvalue weighted by Crippen LogP contribution is -2.48. The molecule has 1 fully saturated rings. The van der Waals surface area contributed by atoms with Gasteiger partial charge >= 0.3 is 0 Å². The van der Waals surface area contributed by atoms with Gasteiger partial charge in [-0.25, -0.2) is 0 Å². The van der Waals surface area contributed by atoms with Gasteiger partial charge in [0.2, 0.25) is 5.91 Å². The van der Waals surface area contributed by atoms with E-state index in [1.165, 1.54) is 5.69 Å². The number of rotatable bonds is 4. The molecule has 6 heteroatoms. The minimum atomic E-state index is -0.00897. The molecule has 1 amide bonds. The molecular formula is C19H21Cl2N3O. The highest BCUT2D eigenvalue weighted by Gasteiger charge is 2.19. The largest absolute Gasteiger partial charge is 0.369 e. The number of anilines is 2. The van der Waals surface area contributed by atoms with E-state index in [2.05, 4.69) is 15.1 Å². The van der Waals surface area contributed by atoms with Crippen molar-refractivity contribution in [2.45, 2.75) is 6.92 Å². The fourth-order valence-electron chi connectivity index (χ4n) is 2.94. The van der Waals surface area contributed by atoms with Gasteiger partial charge in [-0.15, -0.1) is 0 Å². The summed E-state index contributed by atoms with van der Waals surface area (Å²) in [6, 6.07) is 13.4. The van der Waals surface area contributed by atoms with Crippen molar-refractivity contribution in [3.8, 4) is 0 Å². The highest BCUT2D eigenvalue weighted by atomic mass is 35.5. The third kappa shape index (κ3) is 4.88. The van der Waals surface area contributed by atoms with Gasteiger partial charge in [-0.2, -0.15) is 0 Å². The number of carbonyl (C=O) groups is 1. The molecule has 0 spiro atoms. The Morgan fingerprint density at radius 2 is 1.64 bits per heavy atom. The Hall–Kier alpha value is -1.75. The highest BCUT2D eigenvalue weighted by Crippen LogP contribution is 2.21. The van der Waals surface area contributed by atoms with Crippen LogP contribution in [0.2, 0.25) is 10.0 Å². The lowest BCUT2D eigenvalue weighted by molar-refractivity contribution is -0.117. The minimum Gasteiger partial charge on any atom is -0.369 e. The molecule has 1 saturated heterocycles. The molecule has 2 aromatic rings. The number of piperazine rings is 1. The van der Waals surface area contributed by atoms with Crippen molar-refractivity contribution in [2.75, 3.05) is 42.9 Å². The first-order valence-corrected chi connectivity index (χ1v) is 9.06. The summed E-state index contributed by atoms with van der Waals surface area (Å²) in [5.41, 5.74) is 2.95. The normalized spacial score (nSPS) is 15.2. The minimum absolute atomic E-state index is 0.00897. The van der Waals surface area contributed by atoms with Crippen molar-refractivity contribution in [1.82, 2.24) is 4.90 Å². The van der Waals surface area contributed by atoms with Crippen LogP contribution in [0.3, 0.4) is 0 Å². The maximum atomic E-state index is 12.3. The second kappa shape index (κ2) is 8.09. The van der Waals surface area contributed by atoms with E-state index in [1.54, 1.807) is 6.07 Å². The lowest BCUT2D eigenvalue weighted by Gasteiger charge is -2.35. The molecule has 1 aliphatic heterocycles. The maximum absolute atomic E-state index is 12.3. The molecule has 0 atom stereocenters. The van der Waals surface area contributed by atoms with Gasteiger partial charge in [-0.1, -0.05) is 29.3 Å². The first-order valence-electron chi connectivity index (χ1n) is 8.30. The van der Waals surface area contributed by atoms with Crippen LogP contribution >= 0.6 is 23.2 Å². The van der Waals surface area contributed by atoms with E-state index < -0.39 is 0 Å². The van der Waals surface area contributed by atoms with E-state index in [0.717, 1.165) is 42.5 Å². The van der Waals surface area contributed by atoms with E-state index >= 15 is 0 Å². The highest BCUT2D eigenvalue weighted by molar-refractivity contribution is 6.31. The molecular weight excluding hydrogens is 357 g/mol. The summed E-state index contributed by atoms with van der Waals surface area (Å²) < 4.78 is 0. The van der Waals surface area contributed by atoms with Crippen molar-refractivity contribution < 1.29 is 4.79 Å². The molecule has 3 rings (SSSR count). The van der Waals surface area contributed by atoms with Crippen LogP contribution in [0.1, 0.15) is 5.56 Å². The van der Waals surface area contributed by atoms with Crippen molar-refractivity contribution in [3.63, 3.8) is 0 Å². The summed E-state index contributed by atoms with van der Waals surface area (Å²) >= 11 is 11.9. The predicted molar refractivity (Wildman–Crippen MR) is 105 cm³/mol. The summed E-state index contributed by atoms with van der Waals surface area (Å²) in [6.45, 7) is 5.84. The number of aryl methyl sites for hydroxylation is 1. The smallest absolute Gasteiger partial charge is 0.238 e. The summed E-state index contributed by atoms with van der Waals surface area (Å²) in [6.07, 6.45) is 0. The average Bonchev–Trinajstić information content (AvgIpc) is 2.59. The topological polar surface area (TPSA) is 35.6 Å². The summed E-state index contributed by atoms with van der Waals surface area (Å²) in [4.78, 5) is 16.8. The molecule has 1 N–H and O–H groups in total. The Morgan fingerprint density at radius 3 is 2.32 bits per heavy atom. The number of amides is 1. The van der Waals surface area contributed by atoms with Crippen LogP contribution in [0, 0.1) is 6.92 Å². The van der Waals surface area contributed by atoms with E-state index in [4.69, 9.17) is 23.2 Å². The van der Waals surface area contributed by atoms with Gasteiger partial charge in [0, 0.05) is 47.6 Å². The predicted octanol–water partition coefficient (Wildman–Crippen LogP) is 4.06. The van der Waals surface area contributed by atoms with Gasteiger partial charge in [0.15, 0.2) is 0 Å². The Labute approximate surface area is 158 Å². The number of benzene rings is 2. The average molecular weight is 378 g/mol. The van der Waals surface area contributed by atoms with Crippen LogP contribution in [0.4, 0.5) is 11.4 Å². The lowest BCUT2D eigenvalue weighted by atomic mass is 10.2. The second-order valence-corrected chi connectivity index (χ2v) is 7.12. The molecule has 0 bridgehead atoms. The van der Waals surface area contributed by atoms with Crippen LogP contribution in [0.25, 0.3) is 0 Å². The van der Waals surface area contributed by atoms with Gasteiger partial charge in [0.25, 0.3) is 0 Å². The maximum Gasteiger partial charge on any atom is 0.238 e. The van der Waals surface area contributed by atoms with Gasteiger partial charge in [0.05, 0.1) is 6.54 Å². The number of carbonyl (C=O) groups excluding carboxylic acids is 1. The molecule has 1 heterocycles. The molecule has 132 valence electrons. The Morgan fingerprint density at radius 1 is 1.00 bits per heavy atom. The zero-order valence-electron chi connectivity index (χ0n) is 14.1. The SMILES string of the molecule is Cc1ccc(Cl)cc1NC(=O)CN1CCN(c2ccc(Cl)cc2)CC1. The van der Waals surface area contributed by atoms with Crippen LogP contribution in [0.15, 0.2) is 42.5 Å². The molecule has 0 radical (unpaired) electrons. The quantitative estimate of drug-likeness (QED) is 0.872. The molecule has 0 aromatic heterocycles. The molecule has 0 aliphatic carbocycles. The first-order chi connectivity index (χ1) is 12.0. The number of hydrogen-bond acceptors (Lipinski definition) is 3. The van der Waals surface area contributed by atoms with Crippen molar-refractivity contribution in [1.29, 1.82) is 0 Å². The van der Waals surface area contributed by atoms with E-state index in [0.29, 0.717) is 11.6 Å². The van der Waals surface area contributed by atoms with Crippen molar-refractivity contribution in [2.24, 2.45) is 0 Å². The first kappa shape index (κ1) is 18.1. The summed E-state index contributed by atoms with van der Waals surface area (Å²) in [5, 5.41) is 4.32. The van der Waals surface area contributed by atoms with Crippen LogP contribution in [0.5, 0.6) is 0 Å². The monoisotopic (exact) mass is 377 g/mol. The van der Waals surface area contributed by atoms with Crippen molar-refractivity contribution in [3.05, 3.63) is 58.1 Å². The second-order valence-electron chi connectivity index (χ2n) is 6.25. The Bertz CT molecular complexity index is 741. The molecule has 4 nitrogen and oxygen atoms in total. The van der Waals surface area contributed by atoms with Crippen LogP contribution in [-0.2, 0) is 4.79 Å². The molecule has 1 aliphatic rings. The van der Waals surface area contributed by atoms with Crippen molar-refractivity contribution >= 4 is 40.5 Å². The number of nitrogens with zero attached hydrogens (tertiary/aromatic N) is 2. The number of nitrogens with one attached hydrogen (secondary N) is 1. The summed E-state index contributed by atoms with van der Waals surface area (Å²) in [7, 11) is 0. The van der Waals surface area contributed by atoms with E-state index in [1.807, 2.05) is 43.3 Å². The molecule has 25 heavy (non-hydrogen) atoms. The fourth-order valence-corrected chi connectivity index (χ4v) is 3.24. The Kier molecular flexibility index (Phi) is 5.84. The third-order valence-electron chi connectivity index (χ3n) is 4.40. The van der Waals surface area contributed by atoms with Gasteiger partial charge in [-0.05, 0) is 48.9 Å². The standard InChI is InChI=1S/C19H21Cl2N3O/c1-14-2-3-16(21)12-18(14)22-19(25)13-23-8-10-24(11-9-23)17-6-4-15(20)5-7-17/h2-7,12H,8-11,13H2,1H3,(H,22,25). The van der Waals surface area contributed by atoms with Gasteiger partial charge in [0.1, 0.15) is 0 Å². The van der Waals surface area contributed by atoms with E-state index in [-0.39, 0.29) is 5.91 Å². The van der Waals surface area contributed by atoms with Gasteiger partial charge in [-0.3, -0.25) is 9.69 Å². The number of hydrogen-bond donors (Lipinski definition) is 1. The molecule has 0 unspecified atom stereocenters. The number of halogens is 2. The third-order valence-corrected chi connectivity index (χ3v) is 4.89. The molecule has 2 aromatic carbocycles. The van der Waals surface area contributed by atoms with E-state index in [9.17, 15) is 4.79 Å². The zero-order chi connectivity index (χ0) is 17.8. The van der Waals surface area contributed by atoms with Crippen LogP contribution in [-0.4, -0.2) is 43.5 Å². The molecule has 0 saturated carbocycles.